The Morgan fingerprint density at radius 2 is 0.917 bits per heavy atom. The van der Waals surface area contributed by atoms with Gasteiger partial charge in [-0.05, 0) is 0 Å². The van der Waals surface area contributed by atoms with Crippen LogP contribution in [0.1, 0.15) is 45.2 Å². The van der Waals surface area contributed by atoms with Gasteiger partial charge in [0.05, 0.1) is 0 Å². The Bertz CT molecular complexity index is 1170. The summed E-state index contributed by atoms with van der Waals surface area (Å²) in [7, 11) is 0. The molecule has 36 heavy (non-hydrogen) atoms. The van der Waals surface area contributed by atoms with E-state index >= 15 is 0 Å². The molecule has 184 valence electrons. The minimum absolute atomic E-state index is 0.438. The Balaban J connectivity index is 1.90. The number of benzene rings is 4. The fraction of sp³-hybridized carbons (Fsp3) is 0.273. The summed E-state index contributed by atoms with van der Waals surface area (Å²) in [5.74, 6) is 0. The first-order chi connectivity index (χ1) is 17.5. The number of hydrogen-bond acceptors (Lipinski definition) is 1. The minimum atomic E-state index is -3.43. The van der Waals surface area contributed by atoms with E-state index in [0.29, 0.717) is 9.50 Å². The van der Waals surface area contributed by atoms with Gasteiger partial charge in [0, 0.05) is 0 Å². The molecule has 4 aromatic rings. The zero-order valence-electron chi connectivity index (χ0n) is 22.0. The third kappa shape index (κ3) is 3.95. The molecule has 1 aliphatic heterocycles. The molecule has 1 saturated heterocycles. The van der Waals surface area contributed by atoms with E-state index in [4.69, 9.17) is 3.76 Å². The molecule has 5 rings (SSSR count). The van der Waals surface area contributed by atoms with Crippen molar-refractivity contribution < 1.29 is 3.76 Å². The molecule has 1 fully saturated rings. The quantitative estimate of drug-likeness (QED) is 0.210. The van der Waals surface area contributed by atoms with Crippen LogP contribution in [0.3, 0.4) is 0 Å². The van der Waals surface area contributed by atoms with Gasteiger partial charge in [0.2, 0.25) is 0 Å². The van der Waals surface area contributed by atoms with Crippen LogP contribution in [-0.4, -0.2) is 22.9 Å². The molecular formula is C33H38Ge2O. The summed E-state index contributed by atoms with van der Waals surface area (Å²) in [4.78, 5) is 0. The van der Waals surface area contributed by atoms with Gasteiger partial charge in [-0.2, -0.15) is 0 Å². The van der Waals surface area contributed by atoms with Crippen molar-refractivity contribution in [2.24, 2.45) is 0 Å². The molecule has 3 heteroatoms. The van der Waals surface area contributed by atoms with Gasteiger partial charge in [-0.15, -0.1) is 0 Å². The SMILES string of the molecule is C[CH](C)[Ge]1([CH](C)C)[CH2]CC(c2ccccc2)(c2ccccc2)[O][Ge]1([c]1ccccc1)[c]1ccccc1. The first-order valence-electron chi connectivity index (χ1n) is 13.4. The monoisotopic (exact) mass is 598 g/mol. The van der Waals surface area contributed by atoms with E-state index in [2.05, 4.69) is 149 Å². The fourth-order valence-corrected chi connectivity index (χ4v) is 68.8. The van der Waals surface area contributed by atoms with E-state index in [9.17, 15) is 0 Å². The summed E-state index contributed by atoms with van der Waals surface area (Å²) >= 11 is -6.14. The van der Waals surface area contributed by atoms with E-state index in [1.807, 2.05) is 0 Å². The van der Waals surface area contributed by atoms with Crippen molar-refractivity contribution >= 4 is 31.7 Å². The summed E-state index contributed by atoms with van der Waals surface area (Å²) in [6.45, 7) is 10.1. The van der Waals surface area contributed by atoms with Crippen LogP contribution in [0, 0.1) is 0 Å². The van der Waals surface area contributed by atoms with Crippen molar-refractivity contribution in [1.82, 2.24) is 0 Å². The van der Waals surface area contributed by atoms with E-state index in [0.717, 1.165) is 6.42 Å². The predicted molar refractivity (Wildman–Crippen MR) is 158 cm³/mol. The maximum absolute atomic E-state index is 8.22. The molecule has 0 atom stereocenters. The molecule has 4 aromatic carbocycles. The van der Waals surface area contributed by atoms with Gasteiger partial charge in [-0.3, -0.25) is 0 Å². The first kappa shape index (κ1) is 25.6. The Morgan fingerprint density at radius 3 is 1.28 bits per heavy atom. The van der Waals surface area contributed by atoms with Gasteiger partial charge in [0.25, 0.3) is 0 Å². The summed E-state index contributed by atoms with van der Waals surface area (Å²) in [6, 6.07) is 45.0. The molecule has 0 radical (unpaired) electrons. The molecule has 0 bridgehead atoms. The van der Waals surface area contributed by atoms with Crippen LogP contribution < -0.4 is 8.79 Å². The normalized spacial score (nSPS) is 18.3. The van der Waals surface area contributed by atoms with Gasteiger partial charge in [0.1, 0.15) is 0 Å². The van der Waals surface area contributed by atoms with E-state index in [1.165, 1.54) is 25.2 Å². The average molecular weight is 596 g/mol. The van der Waals surface area contributed by atoms with Crippen LogP contribution >= 0.6 is 0 Å². The third-order valence-electron chi connectivity index (χ3n) is 8.77. The van der Waals surface area contributed by atoms with Gasteiger partial charge in [-0.1, -0.05) is 0 Å². The summed E-state index contributed by atoms with van der Waals surface area (Å²) in [5, 5.41) is 1.32. The van der Waals surface area contributed by atoms with Crippen molar-refractivity contribution in [2.75, 3.05) is 0 Å². The van der Waals surface area contributed by atoms with Crippen LogP contribution in [0.5, 0.6) is 0 Å². The van der Waals surface area contributed by atoms with Gasteiger partial charge in [0.15, 0.2) is 0 Å². The zero-order valence-corrected chi connectivity index (χ0v) is 26.2. The zero-order chi connectivity index (χ0) is 25.2. The standard InChI is InChI=1S/C33H38Ge2O/c1-27(2)34(28(3)4)26-25-33(29-17-9-5-10-18-29,30-19-11-6-12-20-30)36-35(34,31-21-13-7-14-22-31)32-23-15-8-16-24-32/h5-24,27-28H,25-26H2,1-4H3. The molecule has 0 aliphatic carbocycles. The van der Waals surface area contributed by atoms with Crippen molar-refractivity contribution in [1.29, 1.82) is 0 Å². The van der Waals surface area contributed by atoms with Crippen LogP contribution in [0.2, 0.25) is 14.8 Å². The van der Waals surface area contributed by atoms with Gasteiger partial charge >= 0.3 is 222 Å². The topological polar surface area (TPSA) is 9.23 Å². The average Bonchev–Trinajstić information content (AvgIpc) is 2.94. The van der Waals surface area contributed by atoms with Crippen molar-refractivity contribution in [3.63, 3.8) is 0 Å². The Hall–Kier alpha value is -2.07. The number of rotatable bonds is 6. The third-order valence-corrected chi connectivity index (χ3v) is 65.6. The second-order valence-corrected chi connectivity index (χ2v) is 44.7. The molecule has 0 amide bonds. The van der Waals surface area contributed by atoms with E-state index < -0.39 is 28.5 Å². The van der Waals surface area contributed by atoms with Gasteiger partial charge < -0.3 is 0 Å². The molecule has 0 N–H and O–H groups in total. The Morgan fingerprint density at radius 1 is 0.556 bits per heavy atom. The van der Waals surface area contributed by atoms with E-state index in [-0.39, 0.29) is 0 Å². The van der Waals surface area contributed by atoms with Crippen LogP contribution in [0.25, 0.3) is 0 Å². The van der Waals surface area contributed by atoms with Crippen LogP contribution in [0.4, 0.5) is 0 Å². The summed E-state index contributed by atoms with van der Waals surface area (Å²) in [5.41, 5.74) is 2.15. The Kier molecular flexibility index (Phi) is 7.36. The Labute approximate surface area is 221 Å². The molecular weight excluding hydrogens is 558 g/mol. The molecule has 0 saturated carbocycles. The first-order valence-corrected chi connectivity index (χ1v) is 26.8. The van der Waals surface area contributed by atoms with Crippen molar-refractivity contribution in [3.05, 3.63) is 132 Å². The molecule has 0 unspecified atom stereocenters. The van der Waals surface area contributed by atoms with E-state index in [1.54, 1.807) is 0 Å². The fourth-order valence-electron chi connectivity index (χ4n) is 7.18. The van der Waals surface area contributed by atoms with Crippen LogP contribution in [0.15, 0.2) is 121 Å². The maximum atomic E-state index is 8.22. The summed E-state index contributed by atoms with van der Waals surface area (Å²) < 4.78 is 12.6. The molecule has 1 heterocycles. The number of hydrogen-bond donors (Lipinski definition) is 0. The predicted octanol–water partition coefficient (Wildman–Crippen LogP) is 7.46. The second-order valence-electron chi connectivity index (χ2n) is 10.9. The van der Waals surface area contributed by atoms with Crippen molar-refractivity contribution in [2.45, 2.75) is 54.5 Å². The van der Waals surface area contributed by atoms with Gasteiger partial charge in [-0.25, -0.2) is 0 Å². The second kappa shape index (κ2) is 10.4. The molecule has 0 spiro atoms. The van der Waals surface area contributed by atoms with Crippen molar-refractivity contribution in [3.8, 4) is 0 Å². The molecule has 0 aromatic heterocycles. The molecule has 1 nitrogen and oxygen atoms in total. The summed E-state index contributed by atoms with van der Waals surface area (Å²) in [6.07, 6.45) is 1.06. The molecule has 1 aliphatic rings. The van der Waals surface area contributed by atoms with Crippen LogP contribution in [-0.2, 0) is 9.36 Å².